The molecule has 0 atom stereocenters. The number of anilines is 1. The van der Waals surface area contributed by atoms with Crippen LogP contribution in [0.1, 0.15) is 12.5 Å². The van der Waals surface area contributed by atoms with Gasteiger partial charge < -0.3 is 9.47 Å². The third-order valence-electron chi connectivity index (χ3n) is 2.41. The van der Waals surface area contributed by atoms with Crippen LogP contribution >= 0.6 is 0 Å². The maximum atomic E-state index is 11.7. The van der Waals surface area contributed by atoms with Crippen LogP contribution in [0.15, 0.2) is 42.9 Å². The molecule has 0 aliphatic rings. The first-order valence-electron chi connectivity index (χ1n) is 6.20. The highest BCUT2D eigenvalue weighted by Crippen LogP contribution is 2.19. The van der Waals surface area contributed by atoms with Crippen molar-refractivity contribution in [3.8, 4) is 5.88 Å². The van der Waals surface area contributed by atoms with E-state index in [1.807, 2.05) is 37.3 Å². The monoisotopic (exact) mass is 273 g/mol. The maximum Gasteiger partial charge on any atom is 0.412 e. The van der Waals surface area contributed by atoms with E-state index in [2.05, 4.69) is 15.3 Å². The molecule has 6 heteroatoms. The Bertz CT molecular complexity index is 561. The van der Waals surface area contributed by atoms with Crippen molar-refractivity contribution >= 4 is 11.8 Å². The molecular weight excluding hydrogens is 258 g/mol. The van der Waals surface area contributed by atoms with Crippen LogP contribution in [-0.2, 0) is 11.3 Å². The van der Waals surface area contributed by atoms with Crippen molar-refractivity contribution in [1.29, 1.82) is 0 Å². The topological polar surface area (TPSA) is 73.3 Å². The summed E-state index contributed by atoms with van der Waals surface area (Å²) in [7, 11) is 0. The fourth-order valence-corrected chi connectivity index (χ4v) is 1.53. The molecule has 20 heavy (non-hydrogen) atoms. The number of rotatable bonds is 5. The third kappa shape index (κ3) is 3.94. The van der Waals surface area contributed by atoms with Crippen LogP contribution < -0.4 is 10.1 Å². The molecule has 1 aromatic heterocycles. The maximum absolute atomic E-state index is 11.7. The second kappa shape index (κ2) is 7.08. The first kappa shape index (κ1) is 13.8. The van der Waals surface area contributed by atoms with Gasteiger partial charge >= 0.3 is 6.09 Å². The first-order valence-corrected chi connectivity index (χ1v) is 6.20. The van der Waals surface area contributed by atoms with Crippen LogP contribution in [-0.4, -0.2) is 22.7 Å². The molecule has 2 rings (SSSR count). The second-order valence-electron chi connectivity index (χ2n) is 3.86. The van der Waals surface area contributed by atoms with Crippen LogP contribution in [0, 0.1) is 0 Å². The number of amides is 1. The molecule has 2 aromatic rings. The zero-order valence-corrected chi connectivity index (χ0v) is 11.1. The summed E-state index contributed by atoms with van der Waals surface area (Å²) >= 11 is 0. The largest absolute Gasteiger partial charge is 0.476 e. The Morgan fingerprint density at radius 2 is 2.10 bits per heavy atom. The standard InChI is InChI=1S/C14H15N3O3/c1-2-19-13-12(8-15-10-16-13)17-14(18)20-9-11-6-4-3-5-7-11/h3-8,10H,2,9H2,1H3,(H,17,18). The Hall–Kier alpha value is -2.63. The molecule has 0 saturated carbocycles. The Morgan fingerprint density at radius 1 is 1.30 bits per heavy atom. The minimum atomic E-state index is -0.579. The van der Waals surface area contributed by atoms with Gasteiger partial charge in [0, 0.05) is 0 Å². The van der Waals surface area contributed by atoms with Crippen LogP contribution in [0.4, 0.5) is 10.5 Å². The number of aromatic nitrogens is 2. The lowest BCUT2D eigenvalue weighted by Gasteiger charge is -2.10. The van der Waals surface area contributed by atoms with Crippen molar-refractivity contribution in [2.45, 2.75) is 13.5 Å². The van der Waals surface area contributed by atoms with E-state index in [0.29, 0.717) is 18.2 Å². The van der Waals surface area contributed by atoms with Gasteiger partial charge in [-0.3, -0.25) is 5.32 Å². The predicted octanol–water partition coefficient (Wildman–Crippen LogP) is 2.62. The van der Waals surface area contributed by atoms with Gasteiger partial charge in [0.1, 0.15) is 18.6 Å². The molecule has 1 aromatic carbocycles. The van der Waals surface area contributed by atoms with Gasteiger partial charge in [0.05, 0.1) is 12.8 Å². The summed E-state index contributed by atoms with van der Waals surface area (Å²) in [4.78, 5) is 19.5. The Balaban J connectivity index is 1.91. The number of hydrogen-bond donors (Lipinski definition) is 1. The number of nitrogens with one attached hydrogen (secondary N) is 1. The van der Waals surface area contributed by atoms with E-state index in [-0.39, 0.29) is 6.61 Å². The van der Waals surface area contributed by atoms with E-state index >= 15 is 0 Å². The van der Waals surface area contributed by atoms with Gasteiger partial charge in [0.2, 0.25) is 5.88 Å². The average molecular weight is 273 g/mol. The minimum Gasteiger partial charge on any atom is -0.476 e. The van der Waals surface area contributed by atoms with Crippen LogP contribution in [0.3, 0.4) is 0 Å². The molecule has 0 bridgehead atoms. The van der Waals surface area contributed by atoms with Gasteiger partial charge in [-0.2, -0.15) is 4.98 Å². The Morgan fingerprint density at radius 3 is 2.85 bits per heavy atom. The smallest absolute Gasteiger partial charge is 0.412 e. The number of benzene rings is 1. The van der Waals surface area contributed by atoms with E-state index < -0.39 is 6.09 Å². The molecule has 0 fully saturated rings. The normalized spacial score (nSPS) is 9.85. The summed E-state index contributed by atoms with van der Waals surface area (Å²) in [5.41, 5.74) is 1.30. The van der Waals surface area contributed by atoms with E-state index in [4.69, 9.17) is 9.47 Å². The Kier molecular flexibility index (Phi) is 4.88. The van der Waals surface area contributed by atoms with Crippen molar-refractivity contribution in [3.63, 3.8) is 0 Å². The van der Waals surface area contributed by atoms with E-state index in [1.54, 1.807) is 0 Å². The zero-order valence-electron chi connectivity index (χ0n) is 11.1. The van der Waals surface area contributed by atoms with Crippen molar-refractivity contribution in [3.05, 3.63) is 48.4 Å². The average Bonchev–Trinajstić information content (AvgIpc) is 2.49. The number of ether oxygens (including phenoxy) is 2. The molecule has 1 amide bonds. The highest BCUT2D eigenvalue weighted by atomic mass is 16.5. The predicted molar refractivity (Wildman–Crippen MR) is 73.5 cm³/mol. The third-order valence-corrected chi connectivity index (χ3v) is 2.41. The van der Waals surface area contributed by atoms with Crippen LogP contribution in [0.2, 0.25) is 0 Å². The van der Waals surface area contributed by atoms with Gasteiger partial charge in [0.15, 0.2) is 0 Å². The summed E-state index contributed by atoms with van der Waals surface area (Å²) in [6.07, 6.45) is 2.23. The molecule has 0 spiro atoms. The summed E-state index contributed by atoms with van der Waals surface area (Å²) in [6.45, 7) is 2.48. The first-order chi connectivity index (χ1) is 9.79. The minimum absolute atomic E-state index is 0.199. The highest BCUT2D eigenvalue weighted by Gasteiger charge is 2.10. The molecule has 0 aliphatic carbocycles. The molecular formula is C14H15N3O3. The number of nitrogens with zero attached hydrogens (tertiary/aromatic N) is 2. The summed E-state index contributed by atoms with van der Waals surface area (Å²) in [5, 5.41) is 2.55. The zero-order chi connectivity index (χ0) is 14.2. The van der Waals surface area contributed by atoms with Crippen molar-refractivity contribution in [1.82, 2.24) is 9.97 Å². The molecule has 0 aliphatic heterocycles. The summed E-state index contributed by atoms with van der Waals surface area (Å²) in [5.74, 6) is 0.319. The van der Waals surface area contributed by atoms with E-state index in [1.165, 1.54) is 12.5 Å². The van der Waals surface area contributed by atoms with Crippen LogP contribution in [0.25, 0.3) is 0 Å². The molecule has 0 radical (unpaired) electrons. The van der Waals surface area contributed by atoms with Gasteiger partial charge in [-0.25, -0.2) is 9.78 Å². The molecule has 0 saturated heterocycles. The molecule has 1 heterocycles. The lowest BCUT2D eigenvalue weighted by atomic mass is 10.2. The van der Waals surface area contributed by atoms with Crippen molar-refractivity contribution < 1.29 is 14.3 Å². The van der Waals surface area contributed by atoms with Gasteiger partial charge in [-0.15, -0.1) is 0 Å². The summed E-state index contributed by atoms with van der Waals surface area (Å²) in [6, 6.07) is 9.43. The number of carbonyl (C=O) groups excluding carboxylic acids is 1. The fourth-order valence-electron chi connectivity index (χ4n) is 1.53. The molecule has 1 N–H and O–H groups in total. The lowest BCUT2D eigenvalue weighted by molar-refractivity contribution is 0.155. The molecule has 104 valence electrons. The fraction of sp³-hybridized carbons (Fsp3) is 0.214. The van der Waals surface area contributed by atoms with E-state index in [9.17, 15) is 4.79 Å². The highest BCUT2D eigenvalue weighted by molar-refractivity contribution is 5.85. The van der Waals surface area contributed by atoms with Gasteiger partial charge in [-0.1, -0.05) is 30.3 Å². The lowest BCUT2D eigenvalue weighted by Crippen LogP contribution is -2.15. The van der Waals surface area contributed by atoms with Crippen molar-refractivity contribution in [2.24, 2.45) is 0 Å². The molecule has 0 unspecified atom stereocenters. The second-order valence-corrected chi connectivity index (χ2v) is 3.86. The van der Waals surface area contributed by atoms with Gasteiger partial charge in [0.25, 0.3) is 0 Å². The summed E-state index contributed by atoms with van der Waals surface area (Å²) < 4.78 is 10.4. The van der Waals surface area contributed by atoms with Gasteiger partial charge in [-0.05, 0) is 12.5 Å². The SMILES string of the molecule is CCOc1ncncc1NC(=O)OCc1ccccc1. The quantitative estimate of drug-likeness (QED) is 0.906. The Labute approximate surface area is 116 Å². The van der Waals surface area contributed by atoms with Crippen molar-refractivity contribution in [2.75, 3.05) is 11.9 Å². The van der Waals surface area contributed by atoms with Crippen LogP contribution in [0.5, 0.6) is 5.88 Å². The number of hydrogen-bond acceptors (Lipinski definition) is 5. The van der Waals surface area contributed by atoms with E-state index in [0.717, 1.165) is 5.56 Å². The number of carbonyl (C=O) groups is 1. The molecule has 6 nitrogen and oxygen atoms in total.